The third-order valence-electron chi connectivity index (χ3n) is 4.80. The maximum absolute atomic E-state index is 12.8. The SMILES string of the molecule is CCN(C(=O)COC(=O)C(=Cc1ccccc1)n1nnnc1C)C1CCS(=O)(=O)C1. The number of aromatic nitrogens is 4. The summed E-state index contributed by atoms with van der Waals surface area (Å²) in [5.41, 5.74) is 0.792. The third kappa shape index (κ3) is 5.09. The van der Waals surface area contributed by atoms with Crippen LogP contribution in [0.3, 0.4) is 0 Å². The summed E-state index contributed by atoms with van der Waals surface area (Å²) in [6.07, 6.45) is 1.95. The number of esters is 1. The van der Waals surface area contributed by atoms with Gasteiger partial charge in [0.05, 0.1) is 11.5 Å². The van der Waals surface area contributed by atoms with E-state index < -0.39 is 34.4 Å². The number of likely N-dealkylation sites (N-methyl/N-ethyl adjacent to an activating group) is 1. The van der Waals surface area contributed by atoms with Crippen molar-refractivity contribution >= 4 is 33.5 Å². The molecular weight excluding hydrogens is 410 g/mol. The normalized spacial score (nSPS) is 18.2. The van der Waals surface area contributed by atoms with E-state index in [2.05, 4.69) is 15.5 Å². The molecule has 0 aliphatic carbocycles. The van der Waals surface area contributed by atoms with Crippen molar-refractivity contribution in [2.45, 2.75) is 26.3 Å². The molecule has 0 radical (unpaired) electrons. The molecule has 160 valence electrons. The average molecular weight is 433 g/mol. The van der Waals surface area contributed by atoms with E-state index in [4.69, 9.17) is 4.74 Å². The Bertz CT molecular complexity index is 1050. The zero-order valence-corrected chi connectivity index (χ0v) is 17.6. The van der Waals surface area contributed by atoms with E-state index in [1.165, 1.54) is 9.58 Å². The van der Waals surface area contributed by atoms with Crippen molar-refractivity contribution < 1.29 is 22.7 Å². The van der Waals surface area contributed by atoms with E-state index in [1.807, 2.05) is 18.2 Å². The lowest BCUT2D eigenvalue weighted by atomic mass is 10.2. The molecule has 1 aromatic carbocycles. The highest BCUT2D eigenvalue weighted by atomic mass is 32.2. The lowest BCUT2D eigenvalue weighted by Crippen LogP contribution is -2.43. The quantitative estimate of drug-likeness (QED) is 0.458. The molecule has 1 aromatic heterocycles. The Morgan fingerprint density at radius 2 is 2.03 bits per heavy atom. The second kappa shape index (κ2) is 9.16. The molecule has 1 aliphatic rings. The molecule has 30 heavy (non-hydrogen) atoms. The number of nitrogens with zero attached hydrogens (tertiary/aromatic N) is 5. The molecule has 2 heterocycles. The minimum atomic E-state index is -3.13. The number of carbonyl (C=O) groups is 2. The number of ether oxygens (including phenoxy) is 1. The topological polar surface area (TPSA) is 124 Å². The Hall–Kier alpha value is -3.08. The van der Waals surface area contributed by atoms with Crippen LogP contribution in [0.1, 0.15) is 24.7 Å². The van der Waals surface area contributed by atoms with Crippen molar-refractivity contribution in [1.82, 2.24) is 25.1 Å². The molecule has 1 unspecified atom stereocenters. The van der Waals surface area contributed by atoms with Crippen LogP contribution in [0, 0.1) is 6.92 Å². The van der Waals surface area contributed by atoms with Crippen LogP contribution in [-0.4, -0.2) is 76.1 Å². The number of rotatable bonds is 7. The summed E-state index contributed by atoms with van der Waals surface area (Å²) in [6.45, 7) is 3.22. The first-order valence-corrected chi connectivity index (χ1v) is 11.3. The Morgan fingerprint density at radius 1 is 1.30 bits per heavy atom. The molecule has 1 saturated heterocycles. The first kappa shape index (κ1) is 21.6. The molecule has 0 saturated carbocycles. The third-order valence-corrected chi connectivity index (χ3v) is 6.55. The number of tetrazole rings is 1. The Kier molecular flexibility index (Phi) is 6.60. The number of aryl methyl sites for hydroxylation is 1. The summed E-state index contributed by atoms with van der Waals surface area (Å²) in [5.74, 6) is -0.835. The second-order valence-corrected chi connectivity index (χ2v) is 9.12. The van der Waals surface area contributed by atoms with E-state index >= 15 is 0 Å². The zero-order valence-electron chi connectivity index (χ0n) is 16.8. The summed E-state index contributed by atoms with van der Waals surface area (Å²) in [5, 5.41) is 11.2. The van der Waals surface area contributed by atoms with E-state index in [-0.39, 0.29) is 17.2 Å². The minimum absolute atomic E-state index is 0.0583. The predicted octanol–water partition coefficient (Wildman–Crippen LogP) is 0.558. The average Bonchev–Trinajstić information content (AvgIpc) is 3.30. The fraction of sp³-hybridized carbons (Fsp3) is 0.421. The summed E-state index contributed by atoms with van der Waals surface area (Å²) in [4.78, 5) is 26.8. The smallest absolute Gasteiger partial charge is 0.357 e. The van der Waals surface area contributed by atoms with E-state index in [1.54, 1.807) is 32.1 Å². The van der Waals surface area contributed by atoms with Crippen molar-refractivity contribution in [3.05, 3.63) is 41.7 Å². The summed E-state index contributed by atoms with van der Waals surface area (Å²) < 4.78 is 29.9. The van der Waals surface area contributed by atoms with Gasteiger partial charge in [0.15, 0.2) is 28.0 Å². The van der Waals surface area contributed by atoms with Crippen LogP contribution in [0.4, 0.5) is 0 Å². The number of carbonyl (C=O) groups excluding carboxylic acids is 2. The minimum Gasteiger partial charge on any atom is -0.451 e. The van der Waals surface area contributed by atoms with Crippen LogP contribution in [0.5, 0.6) is 0 Å². The molecule has 1 amide bonds. The van der Waals surface area contributed by atoms with Crippen molar-refractivity contribution in [1.29, 1.82) is 0 Å². The van der Waals surface area contributed by atoms with Crippen LogP contribution < -0.4 is 0 Å². The largest absolute Gasteiger partial charge is 0.451 e. The molecule has 0 N–H and O–H groups in total. The van der Waals surface area contributed by atoms with Gasteiger partial charge in [-0.25, -0.2) is 13.2 Å². The first-order valence-electron chi connectivity index (χ1n) is 9.50. The van der Waals surface area contributed by atoms with Gasteiger partial charge in [0.2, 0.25) is 0 Å². The van der Waals surface area contributed by atoms with E-state index in [9.17, 15) is 18.0 Å². The van der Waals surface area contributed by atoms with Gasteiger partial charge < -0.3 is 9.64 Å². The van der Waals surface area contributed by atoms with Crippen LogP contribution in [0.25, 0.3) is 11.8 Å². The maximum atomic E-state index is 12.8. The van der Waals surface area contributed by atoms with Gasteiger partial charge in [-0.3, -0.25) is 4.79 Å². The monoisotopic (exact) mass is 433 g/mol. The second-order valence-electron chi connectivity index (χ2n) is 6.89. The Labute approximate surface area is 174 Å². The lowest BCUT2D eigenvalue weighted by molar-refractivity contribution is -0.148. The highest BCUT2D eigenvalue weighted by Gasteiger charge is 2.34. The van der Waals surface area contributed by atoms with Gasteiger partial charge in [-0.05, 0) is 42.3 Å². The molecule has 1 atom stereocenters. The fourth-order valence-electron chi connectivity index (χ4n) is 3.31. The first-order chi connectivity index (χ1) is 14.3. The molecule has 0 bridgehead atoms. The van der Waals surface area contributed by atoms with Gasteiger partial charge >= 0.3 is 5.97 Å². The highest BCUT2D eigenvalue weighted by molar-refractivity contribution is 7.91. The Balaban J connectivity index is 1.74. The van der Waals surface area contributed by atoms with E-state index in [0.717, 1.165) is 5.56 Å². The van der Waals surface area contributed by atoms with Gasteiger partial charge in [-0.1, -0.05) is 30.3 Å². The standard InChI is InChI=1S/C19H23N5O5S/c1-3-23(16-9-10-30(27,28)13-16)18(25)12-29-19(26)17(24-14(2)20-21-22-24)11-15-7-5-4-6-8-15/h4-8,11,16H,3,9-10,12-13H2,1-2H3. The summed E-state index contributed by atoms with van der Waals surface area (Å²) in [7, 11) is -3.13. The van der Waals surface area contributed by atoms with Crippen molar-refractivity contribution in [2.24, 2.45) is 0 Å². The molecule has 2 aromatic rings. The number of amides is 1. The number of hydrogen-bond acceptors (Lipinski definition) is 8. The summed E-state index contributed by atoms with van der Waals surface area (Å²) in [6, 6.07) is 8.69. The van der Waals surface area contributed by atoms with Gasteiger partial charge in [-0.2, -0.15) is 4.68 Å². The molecule has 0 spiro atoms. The molecule has 1 fully saturated rings. The number of hydrogen-bond donors (Lipinski definition) is 0. The zero-order chi connectivity index (χ0) is 21.7. The predicted molar refractivity (Wildman–Crippen MR) is 109 cm³/mol. The van der Waals surface area contributed by atoms with Gasteiger partial charge in [0, 0.05) is 12.6 Å². The van der Waals surface area contributed by atoms with Crippen molar-refractivity contribution in [2.75, 3.05) is 24.7 Å². The van der Waals surface area contributed by atoms with Gasteiger partial charge in [-0.15, -0.1) is 5.10 Å². The highest BCUT2D eigenvalue weighted by Crippen LogP contribution is 2.18. The van der Waals surface area contributed by atoms with Crippen LogP contribution in [0.15, 0.2) is 30.3 Å². The van der Waals surface area contributed by atoms with Gasteiger partial charge in [0.1, 0.15) is 0 Å². The number of benzene rings is 1. The number of sulfone groups is 1. The lowest BCUT2D eigenvalue weighted by Gasteiger charge is -2.26. The van der Waals surface area contributed by atoms with Crippen LogP contribution in [0.2, 0.25) is 0 Å². The molecule has 10 nitrogen and oxygen atoms in total. The Morgan fingerprint density at radius 3 is 2.60 bits per heavy atom. The fourth-order valence-corrected chi connectivity index (χ4v) is 5.04. The van der Waals surface area contributed by atoms with Crippen molar-refractivity contribution in [3.8, 4) is 0 Å². The van der Waals surface area contributed by atoms with Crippen LogP contribution >= 0.6 is 0 Å². The van der Waals surface area contributed by atoms with E-state index in [0.29, 0.717) is 18.8 Å². The van der Waals surface area contributed by atoms with Crippen LogP contribution in [-0.2, 0) is 24.2 Å². The maximum Gasteiger partial charge on any atom is 0.357 e. The molecule has 3 rings (SSSR count). The van der Waals surface area contributed by atoms with Crippen molar-refractivity contribution in [3.63, 3.8) is 0 Å². The molecule has 11 heteroatoms. The molecular formula is C19H23N5O5S. The summed E-state index contributed by atoms with van der Waals surface area (Å²) >= 11 is 0. The molecule has 1 aliphatic heterocycles. The van der Waals surface area contributed by atoms with Gasteiger partial charge in [0.25, 0.3) is 5.91 Å².